The Bertz CT molecular complexity index is 583. The number of hydrogen-bond acceptors (Lipinski definition) is 2. The molecule has 0 saturated heterocycles. The first-order valence-corrected chi connectivity index (χ1v) is 5.68. The van der Waals surface area contributed by atoms with Gasteiger partial charge in [-0.25, -0.2) is 0 Å². The highest BCUT2D eigenvalue weighted by Gasteiger charge is 2.07. The summed E-state index contributed by atoms with van der Waals surface area (Å²) in [5.41, 5.74) is 4.12. The molecule has 1 heterocycles. The maximum absolute atomic E-state index is 4.70. The Hall–Kier alpha value is -2.22. The van der Waals surface area contributed by atoms with Gasteiger partial charge in [0.1, 0.15) is 0 Å². The molecular weight excluding hydrogens is 208 g/mol. The number of rotatable bonds is 1. The molecule has 0 saturated carbocycles. The van der Waals surface area contributed by atoms with Crippen molar-refractivity contribution in [2.24, 2.45) is 9.98 Å². The second-order valence-electron chi connectivity index (χ2n) is 3.93. The molecule has 2 aromatic carbocycles. The number of para-hydroxylation sites is 2. The van der Waals surface area contributed by atoms with Crippen LogP contribution < -0.4 is 0 Å². The van der Waals surface area contributed by atoms with Gasteiger partial charge in [0.05, 0.1) is 17.1 Å². The van der Waals surface area contributed by atoms with Gasteiger partial charge >= 0.3 is 0 Å². The molecule has 2 nitrogen and oxygen atoms in total. The number of aliphatic imine (C=N–C) groups is 2. The van der Waals surface area contributed by atoms with Crippen LogP contribution in [-0.4, -0.2) is 11.9 Å². The summed E-state index contributed by atoms with van der Waals surface area (Å²) in [6, 6.07) is 18.2. The average molecular weight is 220 g/mol. The lowest BCUT2D eigenvalue weighted by atomic mass is 10.1. The van der Waals surface area contributed by atoms with Gasteiger partial charge in [-0.15, -0.1) is 0 Å². The second kappa shape index (κ2) is 4.34. The first-order valence-electron chi connectivity index (χ1n) is 5.68. The monoisotopic (exact) mass is 220 g/mol. The molecule has 82 valence electrons. The van der Waals surface area contributed by atoms with E-state index in [1.165, 1.54) is 0 Å². The van der Waals surface area contributed by atoms with Crippen molar-refractivity contribution in [3.8, 4) is 0 Å². The maximum Gasteiger partial charge on any atom is 0.0889 e. The van der Waals surface area contributed by atoms with E-state index in [4.69, 9.17) is 4.99 Å². The van der Waals surface area contributed by atoms with Gasteiger partial charge in [-0.05, 0) is 17.7 Å². The fraction of sp³-hybridized carbons (Fsp3) is 0.0667. The van der Waals surface area contributed by atoms with E-state index in [1.807, 2.05) is 48.7 Å². The van der Waals surface area contributed by atoms with Gasteiger partial charge in [-0.1, -0.05) is 42.5 Å². The van der Waals surface area contributed by atoms with E-state index in [1.54, 1.807) is 0 Å². The summed E-state index contributed by atoms with van der Waals surface area (Å²) in [6.07, 6.45) is 2.70. The Morgan fingerprint density at radius 2 is 1.47 bits per heavy atom. The van der Waals surface area contributed by atoms with E-state index in [0.29, 0.717) is 0 Å². The molecule has 0 fully saturated rings. The Morgan fingerprint density at radius 1 is 0.765 bits per heavy atom. The van der Waals surface area contributed by atoms with E-state index >= 15 is 0 Å². The first-order chi connectivity index (χ1) is 8.43. The van der Waals surface area contributed by atoms with Crippen molar-refractivity contribution >= 4 is 23.3 Å². The third-order valence-electron chi connectivity index (χ3n) is 2.76. The third kappa shape index (κ3) is 2.02. The number of nitrogens with zero attached hydrogens (tertiary/aromatic N) is 2. The minimum absolute atomic E-state index is 0.776. The molecule has 0 bridgehead atoms. The van der Waals surface area contributed by atoms with Gasteiger partial charge in [-0.2, -0.15) is 0 Å². The maximum atomic E-state index is 4.70. The molecule has 0 spiro atoms. The highest BCUT2D eigenvalue weighted by Crippen LogP contribution is 2.29. The minimum Gasteiger partial charge on any atom is -0.259 e. The third-order valence-corrected chi connectivity index (χ3v) is 2.76. The molecular formula is C15H12N2. The zero-order valence-electron chi connectivity index (χ0n) is 9.38. The van der Waals surface area contributed by atoms with Crippen molar-refractivity contribution < 1.29 is 0 Å². The van der Waals surface area contributed by atoms with Crippen LogP contribution in [0.4, 0.5) is 11.4 Å². The smallest absolute Gasteiger partial charge is 0.0889 e. The molecule has 0 radical (unpaired) electrons. The van der Waals surface area contributed by atoms with Gasteiger partial charge in [0.15, 0.2) is 0 Å². The summed E-state index contributed by atoms with van der Waals surface area (Å²) in [6.45, 7) is 0. The van der Waals surface area contributed by atoms with Crippen LogP contribution in [0.15, 0.2) is 64.6 Å². The topological polar surface area (TPSA) is 24.7 Å². The summed E-state index contributed by atoms with van der Waals surface area (Å²) in [5, 5.41) is 0. The fourth-order valence-corrected chi connectivity index (χ4v) is 1.90. The zero-order valence-corrected chi connectivity index (χ0v) is 9.38. The normalized spacial score (nSPS) is 13.8. The van der Waals surface area contributed by atoms with Crippen LogP contribution in [0.3, 0.4) is 0 Å². The van der Waals surface area contributed by atoms with Gasteiger partial charge in [-0.3, -0.25) is 9.98 Å². The molecule has 0 aliphatic carbocycles. The predicted octanol–water partition coefficient (Wildman–Crippen LogP) is 3.91. The molecule has 1 aliphatic heterocycles. The number of hydrogen-bond donors (Lipinski definition) is 0. The lowest BCUT2D eigenvalue weighted by Crippen LogP contribution is -1.99. The highest BCUT2D eigenvalue weighted by molar-refractivity contribution is 6.10. The molecule has 2 aromatic rings. The van der Waals surface area contributed by atoms with Crippen molar-refractivity contribution in [2.45, 2.75) is 6.42 Å². The van der Waals surface area contributed by atoms with Crippen LogP contribution in [0.5, 0.6) is 0 Å². The van der Waals surface area contributed by atoms with Gasteiger partial charge in [0.25, 0.3) is 0 Å². The van der Waals surface area contributed by atoms with Crippen LogP contribution in [-0.2, 0) is 0 Å². The Labute approximate surface area is 100 Å². The zero-order chi connectivity index (χ0) is 11.5. The van der Waals surface area contributed by atoms with Crippen molar-refractivity contribution in [3.63, 3.8) is 0 Å². The lowest BCUT2D eigenvalue weighted by Gasteiger charge is -2.02. The molecule has 0 aromatic heterocycles. The van der Waals surface area contributed by atoms with Crippen molar-refractivity contribution in [1.82, 2.24) is 0 Å². The SMILES string of the molecule is C1=Nc2ccccc2N=C(c2ccccc2)C1. The minimum atomic E-state index is 0.776. The lowest BCUT2D eigenvalue weighted by molar-refractivity contribution is 1.45. The molecule has 0 unspecified atom stereocenters. The van der Waals surface area contributed by atoms with Crippen molar-refractivity contribution in [1.29, 1.82) is 0 Å². The first kappa shape index (κ1) is 9.97. The summed E-state index contributed by atoms with van der Waals surface area (Å²) < 4.78 is 0. The fourth-order valence-electron chi connectivity index (χ4n) is 1.90. The molecule has 17 heavy (non-hydrogen) atoms. The quantitative estimate of drug-likeness (QED) is 0.696. The molecule has 0 N–H and O–H groups in total. The summed E-state index contributed by atoms with van der Waals surface area (Å²) >= 11 is 0. The van der Waals surface area contributed by atoms with Crippen molar-refractivity contribution in [2.75, 3.05) is 0 Å². The molecule has 2 heteroatoms. The molecule has 3 rings (SSSR count). The van der Waals surface area contributed by atoms with Gasteiger partial charge < -0.3 is 0 Å². The van der Waals surface area contributed by atoms with E-state index in [9.17, 15) is 0 Å². The number of benzene rings is 2. The standard InChI is InChI=1S/C15H12N2/c1-2-6-12(7-3-1)13-10-11-16-14-8-4-5-9-15(14)17-13/h1-9,11H,10H2. The molecule has 0 amide bonds. The predicted molar refractivity (Wildman–Crippen MR) is 71.9 cm³/mol. The van der Waals surface area contributed by atoms with Gasteiger partial charge in [0, 0.05) is 12.6 Å². The van der Waals surface area contributed by atoms with Crippen LogP contribution in [0.2, 0.25) is 0 Å². The molecule has 1 aliphatic rings. The second-order valence-corrected chi connectivity index (χ2v) is 3.93. The van der Waals surface area contributed by atoms with E-state index < -0.39 is 0 Å². The van der Waals surface area contributed by atoms with Crippen molar-refractivity contribution in [3.05, 3.63) is 60.2 Å². The Balaban J connectivity index is 2.10. The summed E-state index contributed by atoms with van der Waals surface area (Å²) in [7, 11) is 0. The van der Waals surface area contributed by atoms with Crippen LogP contribution in [0.25, 0.3) is 0 Å². The largest absolute Gasteiger partial charge is 0.259 e. The van der Waals surface area contributed by atoms with Gasteiger partial charge in [0.2, 0.25) is 0 Å². The van der Waals surface area contributed by atoms with Crippen LogP contribution in [0, 0.1) is 0 Å². The molecule has 0 atom stereocenters. The van der Waals surface area contributed by atoms with E-state index in [0.717, 1.165) is 29.1 Å². The van der Waals surface area contributed by atoms with E-state index in [-0.39, 0.29) is 0 Å². The highest BCUT2D eigenvalue weighted by atomic mass is 14.8. The average Bonchev–Trinajstić information content (AvgIpc) is 2.62. The van der Waals surface area contributed by atoms with E-state index in [2.05, 4.69) is 17.1 Å². The summed E-state index contributed by atoms with van der Waals surface area (Å²) in [5.74, 6) is 0. The Kier molecular flexibility index (Phi) is 2.54. The van der Waals surface area contributed by atoms with Crippen LogP contribution >= 0.6 is 0 Å². The van der Waals surface area contributed by atoms with Crippen LogP contribution in [0.1, 0.15) is 12.0 Å². The summed E-state index contributed by atoms with van der Waals surface area (Å²) in [4.78, 5) is 9.12. The Morgan fingerprint density at radius 3 is 2.29 bits per heavy atom. The number of fused-ring (bicyclic) bond motifs is 1.